The molecule has 1 aromatic heterocycles. The summed E-state index contributed by atoms with van der Waals surface area (Å²) in [5.74, 6) is -0.550. The van der Waals surface area contributed by atoms with Crippen molar-refractivity contribution in [3.05, 3.63) is 46.8 Å². The van der Waals surface area contributed by atoms with Gasteiger partial charge in [0, 0.05) is 30.0 Å². The van der Waals surface area contributed by atoms with Crippen molar-refractivity contribution in [1.29, 1.82) is 0 Å². The first-order valence-electron chi connectivity index (χ1n) is 8.54. The third-order valence-corrected chi connectivity index (χ3v) is 5.52. The molecule has 2 rings (SSSR count). The molecule has 27 heavy (non-hydrogen) atoms. The fourth-order valence-corrected chi connectivity index (χ4v) is 4.00. The lowest BCUT2D eigenvalue weighted by molar-refractivity contribution is 0.101. The van der Waals surface area contributed by atoms with Crippen molar-refractivity contribution < 1.29 is 18.0 Å². The van der Waals surface area contributed by atoms with E-state index in [4.69, 9.17) is 5.73 Å². The zero-order valence-electron chi connectivity index (χ0n) is 15.5. The number of benzene rings is 1. The summed E-state index contributed by atoms with van der Waals surface area (Å²) in [6, 6.07) is 5.92. The van der Waals surface area contributed by atoms with Gasteiger partial charge >= 0.3 is 0 Å². The molecule has 1 aromatic carbocycles. The second kappa shape index (κ2) is 8.47. The number of sulfonamides is 1. The summed E-state index contributed by atoms with van der Waals surface area (Å²) >= 11 is 0. The van der Waals surface area contributed by atoms with Crippen LogP contribution in [0.1, 0.15) is 46.0 Å². The first-order chi connectivity index (χ1) is 12.7. The zero-order valence-corrected chi connectivity index (χ0v) is 16.4. The van der Waals surface area contributed by atoms with Crippen LogP contribution in [0.5, 0.6) is 0 Å². The van der Waals surface area contributed by atoms with E-state index in [1.165, 1.54) is 25.1 Å². The summed E-state index contributed by atoms with van der Waals surface area (Å²) in [7, 11) is -3.71. The Morgan fingerprint density at radius 3 is 2.56 bits per heavy atom. The number of hydrogen-bond acceptors (Lipinski definition) is 5. The standard InChI is InChI=1S/C18H24N4O4S/c1-4-15-16(12(3)23)11(2)21-17(15)18(24)22-13-6-5-7-14(10-13)27(25,26)20-9-8-19/h5-7,10,20-21H,4,8-9,19H2,1-3H3,(H,22,24). The van der Waals surface area contributed by atoms with Crippen molar-refractivity contribution in [3.63, 3.8) is 0 Å². The van der Waals surface area contributed by atoms with Gasteiger partial charge in [0.15, 0.2) is 5.78 Å². The predicted molar refractivity (Wildman–Crippen MR) is 104 cm³/mol. The maximum atomic E-state index is 12.7. The average molecular weight is 392 g/mol. The van der Waals surface area contributed by atoms with Gasteiger partial charge in [-0.1, -0.05) is 13.0 Å². The Kier molecular flexibility index (Phi) is 6.53. The highest BCUT2D eigenvalue weighted by Gasteiger charge is 2.22. The maximum absolute atomic E-state index is 12.7. The molecule has 1 amide bonds. The van der Waals surface area contributed by atoms with Crippen LogP contribution >= 0.6 is 0 Å². The largest absolute Gasteiger partial charge is 0.354 e. The fourth-order valence-electron chi connectivity index (χ4n) is 2.91. The predicted octanol–water partition coefficient (Wildman–Crippen LogP) is 1.58. The summed E-state index contributed by atoms with van der Waals surface area (Å²) in [5.41, 5.74) is 7.75. The number of carbonyl (C=O) groups is 2. The van der Waals surface area contributed by atoms with Gasteiger partial charge in [-0.2, -0.15) is 0 Å². The number of anilines is 1. The molecule has 0 aliphatic rings. The number of carbonyl (C=O) groups excluding carboxylic acids is 2. The topological polar surface area (TPSA) is 134 Å². The molecule has 0 unspecified atom stereocenters. The van der Waals surface area contributed by atoms with Gasteiger partial charge in [0.1, 0.15) is 5.69 Å². The summed E-state index contributed by atoms with van der Waals surface area (Å²) in [6.07, 6.45) is 0.513. The number of nitrogens with two attached hydrogens (primary N) is 1. The first kappa shape index (κ1) is 20.8. The number of ketones is 1. The van der Waals surface area contributed by atoms with Gasteiger partial charge in [-0.05, 0) is 44.0 Å². The molecule has 0 saturated carbocycles. The number of Topliss-reactive ketones (excluding diaryl/α,β-unsaturated/α-hetero) is 1. The summed E-state index contributed by atoms with van der Waals surface area (Å²) in [5, 5.41) is 2.68. The molecule has 1 heterocycles. The number of aryl methyl sites for hydroxylation is 1. The van der Waals surface area contributed by atoms with Crippen molar-refractivity contribution in [1.82, 2.24) is 9.71 Å². The second-order valence-corrected chi connectivity index (χ2v) is 7.82. The van der Waals surface area contributed by atoms with Gasteiger partial charge in [0.05, 0.1) is 4.90 Å². The number of rotatable bonds is 8. The van der Waals surface area contributed by atoms with E-state index >= 15 is 0 Å². The first-order valence-corrected chi connectivity index (χ1v) is 10.0. The van der Waals surface area contributed by atoms with Gasteiger partial charge in [0.2, 0.25) is 10.0 Å². The number of nitrogens with one attached hydrogen (secondary N) is 3. The Labute approximate surface area is 158 Å². The lowest BCUT2D eigenvalue weighted by Gasteiger charge is -2.09. The highest BCUT2D eigenvalue weighted by Crippen LogP contribution is 2.22. The molecule has 9 heteroatoms. The van der Waals surface area contributed by atoms with E-state index in [1.807, 2.05) is 6.92 Å². The fraction of sp³-hybridized carbons (Fsp3) is 0.333. The van der Waals surface area contributed by atoms with Gasteiger partial charge in [-0.15, -0.1) is 0 Å². The molecule has 5 N–H and O–H groups in total. The average Bonchev–Trinajstić information content (AvgIpc) is 2.97. The number of amides is 1. The smallest absolute Gasteiger partial charge is 0.272 e. The molecule has 0 radical (unpaired) electrons. The Bertz CT molecular complexity index is 964. The van der Waals surface area contributed by atoms with Gasteiger partial charge in [-0.3, -0.25) is 9.59 Å². The number of hydrogen-bond donors (Lipinski definition) is 4. The van der Waals surface area contributed by atoms with E-state index in [1.54, 1.807) is 13.0 Å². The van der Waals surface area contributed by atoms with Crippen LogP contribution in [0.3, 0.4) is 0 Å². The normalized spacial score (nSPS) is 11.4. The Balaban J connectivity index is 2.31. The zero-order chi connectivity index (χ0) is 20.2. The van der Waals surface area contributed by atoms with Crippen LogP contribution in [-0.2, 0) is 16.4 Å². The molecule has 0 aliphatic heterocycles. The monoisotopic (exact) mass is 392 g/mol. The van der Waals surface area contributed by atoms with Gasteiger partial charge < -0.3 is 16.0 Å². The molecule has 0 saturated heterocycles. The molecular weight excluding hydrogens is 368 g/mol. The number of H-pyrrole nitrogens is 1. The SMILES string of the molecule is CCc1c(C(=O)Nc2cccc(S(=O)(=O)NCCN)c2)[nH]c(C)c1C(C)=O. The van der Waals surface area contributed by atoms with Crippen LogP contribution in [0.25, 0.3) is 0 Å². The van der Waals surface area contributed by atoms with E-state index in [0.29, 0.717) is 34.6 Å². The Morgan fingerprint density at radius 1 is 1.26 bits per heavy atom. The van der Waals surface area contributed by atoms with Crippen molar-refractivity contribution in [2.24, 2.45) is 5.73 Å². The molecule has 0 atom stereocenters. The molecular formula is C18H24N4O4S. The molecule has 0 fully saturated rings. The number of aromatic nitrogens is 1. The van der Waals surface area contributed by atoms with E-state index in [-0.39, 0.29) is 23.8 Å². The highest BCUT2D eigenvalue weighted by atomic mass is 32.2. The van der Waals surface area contributed by atoms with Crippen LogP contribution in [0.2, 0.25) is 0 Å². The molecule has 0 bridgehead atoms. The van der Waals surface area contributed by atoms with Crippen LogP contribution in [0.15, 0.2) is 29.2 Å². The molecule has 8 nitrogen and oxygen atoms in total. The van der Waals surface area contributed by atoms with Crippen molar-refractivity contribution in [2.45, 2.75) is 32.1 Å². The molecule has 2 aromatic rings. The summed E-state index contributed by atoms with van der Waals surface area (Å²) < 4.78 is 26.8. The summed E-state index contributed by atoms with van der Waals surface area (Å²) in [6.45, 7) is 5.36. The summed E-state index contributed by atoms with van der Waals surface area (Å²) in [4.78, 5) is 27.5. The van der Waals surface area contributed by atoms with Crippen LogP contribution in [0.4, 0.5) is 5.69 Å². The van der Waals surface area contributed by atoms with E-state index in [0.717, 1.165) is 0 Å². The van der Waals surface area contributed by atoms with E-state index in [9.17, 15) is 18.0 Å². The molecule has 0 spiro atoms. The minimum absolute atomic E-state index is 0.0246. The Morgan fingerprint density at radius 2 is 1.96 bits per heavy atom. The second-order valence-electron chi connectivity index (χ2n) is 6.06. The molecule has 0 aliphatic carbocycles. The minimum Gasteiger partial charge on any atom is -0.354 e. The Hall–Kier alpha value is -2.49. The third kappa shape index (κ3) is 4.62. The maximum Gasteiger partial charge on any atom is 0.272 e. The van der Waals surface area contributed by atoms with Crippen molar-refractivity contribution in [2.75, 3.05) is 18.4 Å². The number of aromatic amines is 1. The van der Waals surface area contributed by atoms with Gasteiger partial charge in [-0.25, -0.2) is 13.1 Å². The van der Waals surface area contributed by atoms with Gasteiger partial charge in [0.25, 0.3) is 5.91 Å². The lowest BCUT2D eigenvalue weighted by Crippen LogP contribution is -2.29. The van der Waals surface area contributed by atoms with E-state index < -0.39 is 15.9 Å². The van der Waals surface area contributed by atoms with Crippen LogP contribution < -0.4 is 15.8 Å². The third-order valence-electron chi connectivity index (χ3n) is 4.06. The van der Waals surface area contributed by atoms with Crippen molar-refractivity contribution >= 4 is 27.4 Å². The highest BCUT2D eigenvalue weighted by molar-refractivity contribution is 7.89. The van der Waals surface area contributed by atoms with Crippen molar-refractivity contribution in [3.8, 4) is 0 Å². The van der Waals surface area contributed by atoms with Crippen LogP contribution in [-0.4, -0.2) is 38.2 Å². The van der Waals surface area contributed by atoms with Crippen LogP contribution in [0, 0.1) is 6.92 Å². The molecule has 146 valence electrons. The van der Waals surface area contributed by atoms with E-state index in [2.05, 4.69) is 15.0 Å². The lowest BCUT2D eigenvalue weighted by atomic mass is 10.0. The quantitative estimate of drug-likeness (QED) is 0.506. The minimum atomic E-state index is -3.71.